The summed E-state index contributed by atoms with van der Waals surface area (Å²) in [6.07, 6.45) is 4.33. The summed E-state index contributed by atoms with van der Waals surface area (Å²) in [5.74, 6) is 2.08. The van der Waals surface area contributed by atoms with Gasteiger partial charge in [-0.05, 0) is 37.6 Å². The van der Waals surface area contributed by atoms with Crippen LogP contribution in [-0.4, -0.2) is 12.6 Å². The van der Waals surface area contributed by atoms with Crippen LogP contribution in [-0.2, 0) is 0 Å². The molecule has 52 valence electrons. The Balaban J connectivity index is 1.85. The van der Waals surface area contributed by atoms with Crippen molar-refractivity contribution in [2.75, 3.05) is 6.54 Å². The third-order valence-corrected chi connectivity index (χ3v) is 2.79. The molecule has 0 bridgehead atoms. The van der Waals surface area contributed by atoms with E-state index in [-0.39, 0.29) is 0 Å². The fourth-order valence-electron chi connectivity index (χ4n) is 1.99. The van der Waals surface area contributed by atoms with Gasteiger partial charge in [0.05, 0.1) is 0 Å². The predicted molar refractivity (Wildman–Crippen MR) is 38.3 cm³/mol. The fourth-order valence-corrected chi connectivity index (χ4v) is 1.99. The Labute approximate surface area is 56.8 Å². The monoisotopic (exact) mass is 125 g/mol. The second-order valence-electron chi connectivity index (χ2n) is 3.58. The van der Waals surface area contributed by atoms with E-state index in [0.29, 0.717) is 0 Å². The van der Waals surface area contributed by atoms with Crippen molar-refractivity contribution >= 4 is 0 Å². The summed E-state index contributed by atoms with van der Waals surface area (Å²) in [5, 5.41) is 3.55. The molecule has 9 heavy (non-hydrogen) atoms. The number of hydrogen-bond acceptors (Lipinski definition) is 1. The van der Waals surface area contributed by atoms with Gasteiger partial charge in [0, 0.05) is 6.04 Å². The molecule has 1 aliphatic carbocycles. The van der Waals surface area contributed by atoms with Crippen LogP contribution < -0.4 is 5.32 Å². The van der Waals surface area contributed by atoms with Gasteiger partial charge in [-0.25, -0.2) is 0 Å². The Kier molecular flexibility index (Phi) is 1.26. The lowest BCUT2D eigenvalue weighted by atomic mass is 10.1. The highest BCUT2D eigenvalue weighted by Crippen LogP contribution is 2.42. The molecule has 0 aromatic rings. The molecule has 0 radical (unpaired) electrons. The van der Waals surface area contributed by atoms with Gasteiger partial charge in [-0.2, -0.15) is 0 Å². The molecule has 0 aromatic heterocycles. The summed E-state index contributed by atoms with van der Waals surface area (Å²) in [7, 11) is 0. The van der Waals surface area contributed by atoms with E-state index in [4.69, 9.17) is 0 Å². The van der Waals surface area contributed by atoms with Crippen molar-refractivity contribution in [1.82, 2.24) is 5.32 Å². The van der Waals surface area contributed by atoms with E-state index in [1.54, 1.807) is 0 Å². The van der Waals surface area contributed by atoms with E-state index in [0.717, 1.165) is 17.9 Å². The van der Waals surface area contributed by atoms with Gasteiger partial charge in [0.2, 0.25) is 0 Å². The SMILES string of the molecule is CC1CC1[C@@H]1CCCN1. The highest BCUT2D eigenvalue weighted by atomic mass is 15.0. The van der Waals surface area contributed by atoms with E-state index < -0.39 is 0 Å². The highest BCUT2D eigenvalue weighted by molar-refractivity contribution is 4.94. The smallest absolute Gasteiger partial charge is 0.00984 e. The lowest BCUT2D eigenvalue weighted by molar-refractivity contribution is 0.514. The summed E-state index contributed by atoms with van der Waals surface area (Å²) < 4.78 is 0. The molecule has 0 aromatic carbocycles. The number of rotatable bonds is 1. The van der Waals surface area contributed by atoms with Gasteiger partial charge in [0.25, 0.3) is 0 Å². The minimum atomic E-state index is 0.903. The summed E-state index contributed by atoms with van der Waals surface area (Å²) >= 11 is 0. The van der Waals surface area contributed by atoms with Gasteiger partial charge in [0.15, 0.2) is 0 Å². The molecule has 0 amide bonds. The van der Waals surface area contributed by atoms with Crippen molar-refractivity contribution in [2.45, 2.75) is 32.2 Å². The van der Waals surface area contributed by atoms with Crippen molar-refractivity contribution in [3.8, 4) is 0 Å². The van der Waals surface area contributed by atoms with Crippen LogP contribution in [0, 0.1) is 11.8 Å². The molecule has 1 aliphatic heterocycles. The van der Waals surface area contributed by atoms with Crippen LogP contribution in [0.1, 0.15) is 26.2 Å². The molecule has 1 saturated heterocycles. The largest absolute Gasteiger partial charge is 0.314 e. The molecular weight excluding hydrogens is 110 g/mol. The van der Waals surface area contributed by atoms with Crippen molar-refractivity contribution in [3.63, 3.8) is 0 Å². The normalized spacial score (nSPS) is 49.7. The first-order valence-corrected chi connectivity index (χ1v) is 4.11. The minimum Gasteiger partial charge on any atom is -0.314 e. The summed E-state index contributed by atoms with van der Waals surface area (Å²) in [6, 6.07) is 0.903. The molecule has 3 atom stereocenters. The average molecular weight is 125 g/mol. The lowest BCUT2D eigenvalue weighted by Crippen LogP contribution is -2.23. The van der Waals surface area contributed by atoms with E-state index >= 15 is 0 Å². The van der Waals surface area contributed by atoms with Crippen LogP contribution in [0.5, 0.6) is 0 Å². The third-order valence-electron chi connectivity index (χ3n) is 2.79. The van der Waals surface area contributed by atoms with E-state index in [2.05, 4.69) is 12.2 Å². The minimum absolute atomic E-state index is 0.903. The molecule has 2 fully saturated rings. The molecule has 0 spiro atoms. The van der Waals surface area contributed by atoms with Crippen LogP contribution in [0.15, 0.2) is 0 Å². The highest BCUT2D eigenvalue weighted by Gasteiger charge is 2.39. The lowest BCUT2D eigenvalue weighted by Gasteiger charge is -2.06. The van der Waals surface area contributed by atoms with Gasteiger partial charge < -0.3 is 5.32 Å². The molecular formula is C8H15N. The summed E-state index contributed by atoms with van der Waals surface area (Å²) in [5.41, 5.74) is 0. The molecule has 2 unspecified atom stereocenters. The van der Waals surface area contributed by atoms with Crippen LogP contribution in [0.4, 0.5) is 0 Å². The maximum atomic E-state index is 3.55. The average Bonchev–Trinajstić information content (AvgIpc) is 2.44. The topological polar surface area (TPSA) is 12.0 Å². The van der Waals surface area contributed by atoms with Crippen molar-refractivity contribution in [2.24, 2.45) is 11.8 Å². The predicted octanol–water partition coefficient (Wildman–Crippen LogP) is 1.39. The first-order chi connectivity index (χ1) is 4.38. The Bertz CT molecular complexity index is 105. The van der Waals surface area contributed by atoms with E-state index in [1.165, 1.54) is 25.8 Å². The van der Waals surface area contributed by atoms with Gasteiger partial charge in [0.1, 0.15) is 0 Å². The molecule has 2 rings (SSSR count). The molecule has 1 saturated carbocycles. The van der Waals surface area contributed by atoms with Crippen LogP contribution in [0.2, 0.25) is 0 Å². The fraction of sp³-hybridized carbons (Fsp3) is 1.00. The van der Waals surface area contributed by atoms with Crippen molar-refractivity contribution in [3.05, 3.63) is 0 Å². The molecule has 1 heteroatoms. The Morgan fingerprint density at radius 3 is 2.67 bits per heavy atom. The van der Waals surface area contributed by atoms with Gasteiger partial charge in [-0.15, -0.1) is 0 Å². The Morgan fingerprint density at radius 2 is 2.22 bits per heavy atom. The van der Waals surface area contributed by atoms with Crippen LogP contribution in [0.25, 0.3) is 0 Å². The second kappa shape index (κ2) is 1.98. The Hall–Kier alpha value is -0.0400. The summed E-state index contributed by atoms with van der Waals surface area (Å²) in [4.78, 5) is 0. The first kappa shape index (κ1) is 5.72. The zero-order valence-corrected chi connectivity index (χ0v) is 6.06. The van der Waals surface area contributed by atoms with Gasteiger partial charge in [-0.1, -0.05) is 6.92 Å². The maximum Gasteiger partial charge on any atom is 0.00984 e. The number of hydrogen-bond donors (Lipinski definition) is 1. The zero-order valence-electron chi connectivity index (χ0n) is 6.06. The zero-order chi connectivity index (χ0) is 6.27. The number of nitrogens with one attached hydrogen (secondary N) is 1. The van der Waals surface area contributed by atoms with Gasteiger partial charge in [-0.3, -0.25) is 0 Å². The van der Waals surface area contributed by atoms with Gasteiger partial charge >= 0.3 is 0 Å². The molecule has 1 N–H and O–H groups in total. The van der Waals surface area contributed by atoms with Crippen molar-refractivity contribution < 1.29 is 0 Å². The van der Waals surface area contributed by atoms with Crippen molar-refractivity contribution in [1.29, 1.82) is 0 Å². The standard InChI is InChI=1S/C8H15N/c1-6-5-7(6)8-3-2-4-9-8/h6-9H,2-5H2,1H3/t6?,7?,8-/m0/s1. The first-order valence-electron chi connectivity index (χ1n) is 4.11. The van der Waals surface area contributed by atoms with E-state index in [1.807, 2.05) is 0 Å². The summed E-state index contributed by atoms with van der Waals surface area (Å²) in [6.45, 7) is 3.64. The van der Waals surface area contributed by atoms with Crippen LogP contribution >= 0.6 is 0 Å². The van der Waals surface area contributed by atoms with E-state index in [9.17, 15) is 0 Å². The second-order valence-corrected chi connectivity index (χ2v) is 3.58. The quantitative estimate of drug-likeness (QED) is 0.558. The molecule has 1 heterocycles. The van der Waals surface area contributed by atoms with Crippen LogP contribution in [0.3, 0.4) is 0 Å². The maximum absolute atomic E-state index is 3.55. The third kappa shape index (κ3) is 0.983. The molecule has 1 nitrogen and oxygen atoms in total. The Morgan fingerprint density at radius 1 is 1.44 bits per heavy atom. The molecule has 2 aliphatic rings.